The highest BCUT2D eigenvalue weighted by atomic mass is 32.2. The minimum atomic E-state index is -3.43. The molecule has 0 saturated carbocycles. The molecule has 0 bridgehead atoms. The van der Waals surface area contributed by atoms with Gasteiger partial charge in [-0.25, -0.2) is 13.1 Å². The van der Waals surface area contributed by atoms with E-state index < -0.39 is 15.8 Å². The minimum absolute atomic E-state index is 0.131. The first-order chi connectivity index (χ1) is 8.14. The van der Waals surface area contributed by atoms with Crippen LogP contribution < -0.4 is 4.72 Å². The molecule has 2 aliphatic rings. The summed E-state index contributed by atoms with van der Waals surface area (Å²) in [6, 6.07) is 6.81. The molecule has 1 saturated heterocycles. The summed E-state index contributed by atoms with van der Waals surface area (Å²) >= 11 is 0. The third-order valence-electron chi connectivity index (χ3n) is 3.04. The van der Waals surface area contributed by atoms with E-state index in [2.05, 4.69) is 4.72 Å². The largest absolute Gasteiger partial charge is 0.345 e. The molecular formula is C11H13NO4S. The number of hydrogen-bond donors (Lipinski definition) is 1. The SMILES string of the molecule is O=S1(=O)NCC2(OCCCO2)c2ccccc21. The van der Waals surface area contributed by atoms with Crippen LogP contribution in [0.5, 0.6) is 0 Å². The molecule has 1 aromatic rings. The van der Waals surface area contributed by atoms with Gasteiger partial charge in [-0.1, -0.05) is 18.2 Å². The van der Waals surface area contributed by atoms with Gasteiger partial charge in [-0.15, -0.1) is 0 Å². The van der Waals surface area contributed by atoms with Crippen molar-refractivity contribution in [1.82, 2.24) is 4.72 Å². The summed E-state index contributed by atoms with van der Waals surface area (Å²) in [6.45, 7) is 1.29. The number of benzene rings is 1. The van der Waals surface area contributed by atoms with Gasteiger partial charge < -0.3 is 9.47 Å². The van der Waals surface area contributed by atoms with Crippen LogP contribution in [0.2, 0.25) is 0 Å². The van der Waals surface area contributed by atoms with Crippen LogP contribution in [0.1, 0.15) is 12.0 Å². The molecule has 0 radical (unpaired) electrons. The molecule has 5 nitrogen and oxygen atoms in total. The van der Waals surface area contributed by atoms with Crippen molar-refractivity contribution in [3.8, 4) is 0 Å². The highest BCUT2D eigenvalue weighted by Crippen LogP contribution is 2.37. The van der Waals surface area contributed by atoms with Crippen molar-refractivity contribution in [2.45, 2.75) is 17.1 Å². The summed E-state index contributed by atoms with van der Waals surface area (Å²) in [5.74, 6) is -0.944. The van der Waals surface area contributed by atoms with E-state index in [4.69, 9.17) is 9.47 Å². The van der Waals surface area contributed by atoms with E-state index in [0.717, 1.165) is 6.42 Å². The first kappa shape index (κ1) is 11.2. The lowest BCUT2D eigenvalue weighted by Gasteiger charge is -2.40. The van der Waals surface area contributed by atoms with Gasteiger partial charge in [0.05, 0.1) is 24.7 Å². The summed E-state index contributed by atoms with van der Waals surface area (Å²) in [5, 5.41) is 0. The van der Waals surface area contributed by atoms with Crippen molar-refractivity contribution in [3.05, 3.63) is 29.8 Å². The van der Waals surface area contributed by atoms with E-state index in [-0.39, 0.29) is 11.4 Å². The zero-order valence-electron chi connectivity index (χ0n) is 9.18. The molecule has 92 valence electrons. The second-order valence-electron chi connectivity index (χ2n) is 4.12. The Balaban J connectivity index is 2.17. The second-order valence-corrected chi connectivity index (χ2v) is 5.86. The molecule has 1 N–H and O–H groups in total. The molecule has 0 aromatic heterocycles. The number of nitrogens with one attached hydrogen (secondary N) is 1. The monoisotopic (exact) mass is 255 g/mol. The van der Waals surface area contributed by atoms with Gasteiger partial charge in [0.15, 0.2) is 0 Å². The summed E-state index contributed by atoms with van der Waals surface area (Å²) in [7, 11) is -3.43. The lowest BCUT2D eigenvalue weighted by Crippen LogP contribution is -2.51. The highest BCUT2D eigenvalue weighted by molar-refractivity contribution is 7.89. The van der Waals surface area contributed by atoms with Gasteiger partial charge in [-0.2, -0.15) is 0 Å². The molecule has 1 aromatic carbocycles. The van der Waals surface area contributed by atoms with Crippen LogP contribution in [0.4, 0.5) is 0 Å². The molecule has 6 heteroatoms. The van der Waals surface area contributed by atoms with E-state index in [1.807, 2.05) is 0 Å². The standard InChI is InChI=1S/C11H13NO4S/c13-17(14)10-5-2-1-4-9(10)11(8-12-17)15-6-3-7-16-11/h1-2,4-5,12H,3,6-8H2. The molecule has 0 unspecified atom stereocenters. The fourth-order valence-electron chi connectivity index (χ4n) is 2.21. The molecule has 0 amide bonds. The number of rotatable bonds is 0. The summed E-state index contributed by atoms with van der Waals surface area (Å²) in [6.07, 6.45) is 0.830. The van der Waals surface area contributed by atoms with Crippen LogP contribution >= 0.6 is 0 Å². The average molecular weight is 255 g/mol. The van der Waals surface area contributed by atoms with E-state index in [9.17, 15) is 8.42 Å². The van der Waals surface area contributed by atoms with Crippen molar-refractivity contribution < 1.29 is 17.9 Å². The van der Waals surface area contributed by atoms with E-state index in [1.165, 1.54) is 0 Å². The van der Waals surface area contributed by atoms with Crippen LogP contribution in [0.3, 0.4) is 0 Å². The highest BCUT2D eigenvalue weighted by Gasteiger charge is 2.45. The molecule has 0 aliphatic carbocycles. The Bertz CT molecular complexity index is 534. The Morgan fingerprint density at radius 2 is 1.88 bits per heavy atom. The van der Waals surface area contributed by atoms with Crippen molar-refractivity contribution >= 4 is 10.0 Å². The van der Waals surface area contributed by atoms with Crippen molar-refractivity contribution in [2.24, 2.45) is 0 Å². The quantitative estimate of drug-likeness (QED) is 0.736. The van der Waals surface area contributed by atoms with Crippen LogP contribution in [0.15, 0.2) is 29.2 Å². The van der Waals surface area contributed by atoms with Crippen molar-refractivity contribution in [1.29, 1.82) is 0 Å². The lowest BCUT2D eigenvalue weighted by atomic mass is 10.0. The van der Waals surface area contributed by atoms with Crippen LogP contribution in [0, 0.1) is 0 Å². The smallest absolute Gasteiger partial charge is 0.241 e. The zero-order chi connectivity index (χ0) is 11.9. The van der Waals surface area contributed by atoms with Gasteiger partial charge >= 0.3 is 0 Å². The van der Waals surface area contributed by atoms with Gasteiger partial charge in [0.25, 0.3) is 0 Å². The maximum atomic E-state index is 11.9. The number of fused-ring (bicyclic) bond motifs is 2. The molecule has 1 fully saturated rings. The Kier molecular flexibility index (Phi) is 2.48. The third kappa shape index (κ3) is 1.68. The maximum absolute atomic E-state index is 11.9. The normalized spacial score (nSPS) is 25.4. The number of hydrogen-bond acceptors (Lipinski definition) is 4. The van der Waals surface area contributed by atoms with Crippen LogP contribution in [-0.4, -0.2) is 28.2 Å². The molecule has 17 heavy (non-hydrogen) atoms. The zero-order valence-corrected chi connectivity index (χ0v) is 10.00. The topological polar surface area (TPSA) is 64.6 Å². The minimum Gasteiger partial charge on any atom is -0.345 e. The molecule has 1 spiro atoms. The molecule has 0 atom stereocenters. The van der Waals surface area contributed by atoms with E-state index >= 15 is 0 Å². The number of sulfonamides is 1. The predicted octanol–water partition coefficient (Wildman–Crippen LogP) is 0.568. The van der Waals surface area contributed by atoms with Crippen molar-refractivity contribution in [2.75, 3.05) is 19.8 Å². The van der Waals surface area contributed by atoms with Gasteiger partial charge in [0.1, 0.15) is 0 Å². The second kappa shape index (κ2) is 3.78. The van der Waals surface area contributed by atoms with E-state index in [1.54, 1.807) is 24.3 Å². The Hall–Kier alpha value is -0.950. The maximum Gasteiger partial charge on any atom is 0.241 e. The molecule has 2 aliphatic heterocycles. The van der Waals surface area contributed by atoms with Gasteiger partial charge in [-0.3, -0.25) is 0 Å². The molecular weight excluding hydrogens is 242 g/mol. The summed E-state index contributed by atoms with van der Waals surface area (Å²) in [5.41, 5.74) is 0.596. The van der Waals surface area contributed by atoms with Crippen LogP contribution in [0.25, 0.3) is 0 Å². The van der Waals surface area contributed by atoms with E-state index in [0.29, 0.717) is 18.8 Å². The average Bonchev–Trinajstić information content (AvgIpc) is 2.37. The van der Waals surface area contributed by atoms with Gasteiger partial charge in [0, 0.05) is 5.56 Å². The lowest BCUT2D eigenvalue weighted by molar-refractivity contribution is -0.273. The fraction of sp³-hybridized carbons (Fsp3) is 0.455. The fourth-order valence-corrected chi connectivity index (χ4v) is 3.52. The Morgan fingerprint density at radius 3 is 2.65 bits per heavy atom. The molecule has 3 rings (SSSR count). The van der Waals surface area contributed by atoms with Gasteiger partial charge in [-0.05, 0) is 12.5 Å². The Morgan fingerprint density at radius 1 is 1.18 bits per heavy atom. The summed E-state index contributed by atoms with van der Waals surface area (Å²) < 4.78 is 37.6. The van der Waals surface area contributed by atoms with Crippen molar-refractivity contribution in [3.63, 3.8) is 0 Å². The number of ether oxygens (including phenoxy) is 2. The third-order valence-corrected chi connectivity index (χ3v) is 4.50. The Labute approximate surface area is 99.8 Å². The predicted molar refractivity (Wildman–Crippen MR) is 59.8 cm³/mol. The first-order valence-corrected chi connectivity index (χ1v) is 6.99. The summed E-state index contributed by atoms with van der Waals surface area (Å²) in [4.78, 5) is 0.244. The van der Waals surface area contributed by atoms with Crippen LogP contribution in [-0.2, 0) is 25.3 Å². The first-order valence-electron chi connectivity index (χ1n) is 5.51. The van der Waals surface area contributed by atoms with Gasteiger partial charge in [0.2, 0.25) is 15.8 Å². The molecule has 2 heterocycles.